The second kappa shape index (κ2) is 6.25. The first kappa shape index (κ1) is 13.5. The maximum absolute atomic E-state index is 11.3. The topological polar surface area (TPSA) is 52.6 Å². The van der Waals surface area contributed by atoms with Crippen LogP contribution in [0.2, 0.25) is 0 Å². The molecule has 1 amide bonds. The van der Waals surface area contributed by atoms with Gasteiger partial charge in [0.15, 0.2) is 0 Å². The molecule has 0 fully saturated rings. The molecule has 0 aliphatic heterocycles. The molecule has 0 saturated heterocycles. The molecule has 17 heavy (non-hydrogen) atoms. The number of carbonyl (C=O) groups excluding carboxylic acids is 1. The molecular formula is C13H20N2O2. The molecule has 0 unspecified atom stereocenters. The molecule has 1 aromatic rings. The maximum Gasteiger partial charge on any atom is 0.239 e. The third-order valence-corrected chi connectivity index (χ3v) is 2.74. The Balaban J connectivity index is 2.78. The van der Waals surface area contributed by atoms with Crippen molar-refractivity contribution in [3.8, 4) is 0 Å². The number of likely N-dealkylation sites (N-methyl/N-ethyl adjacent to an activating group) is 2. The van der Waals surface area contributed by atoms with Gasteiger partial charge in [0.2, 0.25) is 5.91 Å². The van der Waals surface area contributed by atoms with Crippen LogP contribution in [0.4, 0.5) is 5.69 Å². The molecule has 0 aromatic heterocycles. The fourth-order valence-corrected chi connectivity index (χ4v) is 1.60. The van der Waals surface area contributed by atoms with Gasteiger partial charge in [-0.1, -0.05) is 12.1 Å². The van der Waals surface area contributed by atoms with Crippen LogP contribution in [0.25, 0.3) is 0 Å². The van der Waals surface area contributed by atoms with E-state index in [1.807, 2.05) is 36.1 Å². The van der Waals surface area contributed by atoms with Crippen LogP contribution in [0, 0.1) is 0 Å². The van der Waals surface area contributed by atoms with Gasteiger partial charge in [0.1, 0.15) is 0 Å². The second-order valence-corrected chi connectivity index (χ2v) is 3.95. The highest BCUT2D eigenvalue weighted by molar-refractivity contribution is 5.81. The van der Waals surface area contributed by atoms with Crippen molar-refractivity contribution in [2.75, 3.05) is 25.0 Å². The standard InChI is InChI=1S/C13H20N2O2/c1-4-15(9-13(17)14-3)12-7-5-11(6-8-12)10(2)16/h5-8,10,16H,4,9H2,1-3H3,(H,14,17)/t10-/m0/s1. The summed E-state index contributed by atoms with van der Waals surface area (Å²) in [5.74, 6) is -0.00791. The van der Waals surface area contributed by atoms with E-state index in [-0.39, 0.29) is 5.91 Å². The summed E-state index contributed by atoms with van der Waals surface area (Å²) in [6.45, 7) is 4.85. The second-order valence-electron chi connectivity index (χ2n) is 3.95. The zero-order chi connectivity index (χ0) is 12.8. The van der Waals surface area contributed by atoms with Crippen LogP contribution in [0.5, 0.6) is 0 Å². The van der Waals surface area contributed by atoms with E-state index in [4.69, 9.17) is 0 Å². The molecule has 0 heterocycles. The summed E-state index contributed by atoms with van der Waals surface area (Å²) in [6.07, 6.45) is -0.460. The zero-order valence-electron chi connectivity index (χ0n) is 10.6. The fraction of sp³-hybridized carbons (Fsp3) is 0.462. The molecule has 1 rings (SSSR count). The lowest BCUT2D eigenvalue weighted by Crippen LogP contribution is -2.35. The number of amides is 1. The van der Waals surface area contributed by atoms with E-state index in [9.17, 15) is 9.90 Å². The quantitative estimate of drug-likeness (QED) is 0.810. The van der Waals surface area contributed by atoms with Crippen LogP contribution in [0.1, 0.15) is 25.5 Å². The molecule has 0 radical (unpaired) electrons. The minimum atomic E-state index is -0.460. The number of aliphatic hydroxyl groups excluding tert-OH is 1. The van der Waals surface area contributed by atoms with E-state index in [0.717, 1.165) is 17.8 Å². The lowest BCUT2D eigenvalue weighted by atomic mass is 10.1. The summed E-state index contributed by atoms with van der Waals surface area (Å²) in [6, 6.07) is 7.61. The van der Waals surface area contributed by atoms with E-state index >= 15 is 0 Å². The molecule has 4 nitrogen and oxygen atoms in total. The Labute approximate surface area is 102 Å². The molecule has 1 atom stereocenters. The largest absolute Gasteiger partial charge is 0.389 e. The summed E-state index contributed by atoms with van der Waals surface area (Å²) < 4.78 is 0. The van der Waals surface area contributed by atoms with Gasteiger partial charge in [0.25, 0.3) is 0 Å². The molecule has 0 aliphatic carbocycles. The fourth-order valence-electron chi connectivity index (χ4n) is 1.60. The van der Waals surface area contributed by atoms with Crippen molar-refractivity contribution in [2.45, 2.75) is 20.0 Å². The normalized spacial score (nSPS) is 12.0. The summed E-state index contributed by atoms with van der Waals surface area (Å²) in [7, 11) is 1.63. The number of hydrogen-bond donors (Lipinski definition) is 2. The van der Waals surface area contributed by atoms with Crippen LogP contribution in [-0.4, -0.2) is 31.2 Å². The number of carbonyl (C=O) groups is 1. The molecule has 0 bridgehead atoms. The first-order valence-corrected chi connectivity index (χ1v) is 5.82. The maximum atomic E-state index is 11.3. The highest BCUT2D eigenvalue weighted by Crippen LogP contribution is 2.18. The molecule has 1 aromatic carbocycles. The Morgan fingerprint density at radius 3 is 2.41 bits per heavy atom. The molecule has 0 spiro atoms. The lowest BCUT2D eigenvalue weighted by Gasteiger charge is -2.22. The number of rotatable bonds is 5. The van der Waals surface area contributed by atoms with E-state index in [1.54, 1.807) is 14.0 Å². The summed E-state index contributed by atoms with van der Waals surface area (Å²) in [5, 5.41) is 12.0. The Morgan fingerprint density at radius 2 is 2.00 bits per heavy atom. The van der Waals surface area contributed by atoms with Gasteiger partial charge in [-0.15, -0.1) is 0 Å². The monoisotopic (exact) mass is 236 g/mol. The van der Waals surface area contributed by atoms with E-state index < -0.39 is 6.10 Å². The van der Waals surface area contributed by atoms with Crippen molar-refractivity contribution in [1.82, 2.24) is 5.32 Å². The van der Waals surface area contributed by atoms with Crippen molar-refractivity contribution in [2.24, 2.45) is 0 Å². The summed E-state index contributed by atoms with van der Waals surface area (Å²) in [5.41, 5.74) is 1.87. The Morgan fingerprint density at radius 1 is 1.41 bits per heavy atom. The van der Waals surface area contributed by atoms with Gasteiger partial charge in [-0.25, -0.2) is 0 Å². The first-order valence-electron chi connectivity index (χ1n) is 5.82. The SMILES string of the molecule is CCN(CC(=O)NC)c1ccc([C@H](C)O)cc1. The number of aliphatic hydroxyl groups is 1. The minimum Gasteiger partial charge on any atom is -0.389 e. The van der Waals surface area contributed by atoms with Crippen molar-refractivity contribution < 1.29 is 9.90 Å². The highest BCUT2D eigenvalue weighted by Gasteiger charge is 2.09. The number of benzene rings is 1. The van der Waals surface area contributed by atoms with Crippen molar-refractivity contribution in [1.29, 1.82) is 0 Å². The zero-order valence-corrected chi connectivity index (χ0v) is 10.6. The van der Waals surface area contributed by atoms with Gasteiger partial charge < -0.3 is 15.3 Å². The Kier molecular flexibility index (Phi) is 4.97. The van der Waals surface area contributed by atoms with Crippen LogP contribution < -0.4 is 10.2 Å². The number of nitrogens with zero attached hydrogens (tertiary/aromatic N) is 1. The Hall–Kier alpha value is -1.55. The summed E-state index contributed by atoms with van der Waals surface area (Å²) >= 11 is 0. The van der Waals surface area contributed by atoms with Gasteiger partial charge in [-0.2, -0.15) is 0 Å². The van der Waals surface area contributed by atoms with Crippen LogP contribution in [0.15, 0.2) is 24.3 Å². The van der Waals surface area contributed by atoms with Gasteiger partial charge in [0, 0.05) is 19.3 Å². The molecule has 94 valence electrons. The molecular weight excluding hydrogens is 216 g/mol. The van der Waals surface area contributed by atoms with Crippen molar-refractivity contribution >= 4 is 11.6 Å². The van der Waals surface area contributed by atoms with E-state index in [2.05, 4.69) is 5.32 Å². The van der Waals surface area contributed by atoms with Gasteiger partial charge in [-0.05, 0) is 31.5 Å². The average Bonchev–Trinajstić information content (AvgIpc) is 2.35. The third-order valence-electron chi connectivity index (χ3n) is 2.74. The van der Waals surface area contributed by atoms with Crippen molar-refractivity contribution in [3.05, 3.63) is 29.8 Å². The van der Waals surface area contributed by atoms with Gasteiger partial charge in [-0.3, -0.25) is 4.79 Å². The van der Waals surface area contributed by atoms with Crippen LogP contribution in [-0.2, 0) is 4.79 Å². The van der Waals surface area contributed by atoms with Crippen LogP contribution in [0.3, 0.4) is 0 Å². The average molecular weight is 236 g/mol. The van der Waals surface area contributed by atoms with Gasteiger partial charge >= 0.3 is 0 Å². The Bertz CT molecular complexity index is 360. The molecule has 2 N–H and O–H groups in total. The smallest absolute Gasteiger partial charge is 0.239 e. The number of hydrogen-bond acceptors (Lipinski definition) is 3. The predicted octanol–water partition coefficient (Wildman–Crippen LogP) is 1.31. The number of anilines is 1. The van der Waals surface area contributed by atoms with Crippen LogP contribution >= 0.6 is 0 Å². The minimum absolute atomic E-state index is 0.00791. The molecule has 0 saturated carbocycles. The van der Waals surface area contributed by atoms with E-state index in [1.165, 1.54) is 0 Å². The number of nitrogens with one attached hydrogen (secondary N) is 1. The van der Waals surface area contributed by atoms with E-state index in [0.29, 0.717) is 6.54 Å². The highest BCUT2D eigenvalue weighted by atomic mass is 16.3. The molecule has 0 aliphatic rings. The van der Waals surface area contributed by atoms with Gasteiger partial charge in [0.05, 0.1) is 12.6 Å². The molecule has 4 heteroatoms. The lowest BCUT2D eigenvalue weighted by molar-refractivity contribution is -0.119. The third kappa shape index (κ3) is 3.75. The first-order chi connectivity index (χ1) is 8.08. The van der Waals surface area contributed by atoms with Crippen molar-refractivity contribution in [3.63, 3.8) is 0 Å². The summed E-state index contributed by atoms with van der Waals surface area (Å²) in [4.78, 5) is 13.3. The predicted molar refractivity (Wildman–Crippen MR) is 69.0 cm³/mol.